The van der Waals surface area contributed by atoms with Gasteiger partial charge in [-0.05, 0) is 25.0 Å². The van der Waals surface area contributed by atoms with E-state index >= 15 is 0 Å². The van der Waals surface area contributed by atoms with Crippen LogP contribution in [0.2, 0.25) is 0 Å². The summed E-state index contributed by atoms with van der Waals surface area (Å²) in [4.78, 5) is 6.48. The Morgan fingerprint density at radius 2 is 2.55 bits per heavy atom. The number of nitrogens with zero attached hydrogens (tertiary/aromatic N) is 2. The molecular weight excluding hydrogens is 136 g/mol. The molecule has 0 radical (unpaired) electrons. The van der Waals surface area contributed by atoms with E-state index in [2.05, 4.69) is 22.9 Å². The molecule has 0 saturated carbocycles. The summed E-state index contributed by atoms with van der Waals surface area (Å²) < 4.78 is 0. The molecule has 1 aliphatic heterocycles. The monoisotopic (exact) mass is 148 g/mol. The molecule has 1 aromatic heterocycles. The van der Waals surface area contributed by atoms with Crippen molar-refractivity contribution < 1.29 is 0 Å². The van der Waals surface area contributed by atoms with Crippen LogP contribution >= 0.6 is 0 Å². The summed E-state index contributed by atoms with van der Waals surface area (Å²) in [5.41, 5.74) is 2.77. The Morgan fingerprint density at radius 1 is 1.64 bits per heavy atom. The fourth-order valence-electron chi connectivity index (χ4n) is 1.62. The van der Waals surface area contributed by atoms with Gasteiger partial charge in [0.05, 0.1) is 11.9 Å². The number of fused-ring (bicyclic) bond motifs is 1. The summed E-state index contributed by atoms with van der Waals surface area (Å²) in [5, 5.41) is 0. The minimum Gasteiger partial charge on any atom is -0.370 e. The smallest absolute Gasteiger partial charge is 0.0585 e. The first-order valence-corrected chi connectivity index (χ1v) is 4.09. The molecule has 0 fully saturated rings. The zero-order chi connectivity index (χ0) is 7.68. The molecule has 0 aromatic carbocycles. The van der Waals surface area contributed by atoms with Gasteiger partial charge >= 0.3 is 0 Å². The molecule has 0 spiro atoms. The van der Waals surface area contributed by atoms with E-state index in [1.807, 2.05) is 12.4 Å². The first-order valence-electron chi connectivity index (χ1n) is 4.09. The number of aromatic nitrogens is 1. The van der Waals surface area contributed by atoms with Crippen molar-refractivity contribution in [1.82, 2.24) is 4.98 Å². The molecule has 11 heavy (non-hydrogen) atoms. The Balaban J connectivity index is 2.39. The Kier molecular flexibility index (Phi) is 1.53. The van der Waals surface area contributed by atoms with E-state index in [1.165, 1.54) is 17.7 Å². The van der Waals surface area contributed by atoms with Crippen molar-refractivity contribution in [2.45, 2.75) is 13.3 Å². The van der Waals surface area contributed by atoms with Gasteiger partial charge in [-0.15, -0.1) is 0 Å². The van der Waals surface area contributed by atoms with Crippen LogP contribution in [-0.2, 0) is 6.42 Å². The predicted molar refractivity (Wildman–Crippen MR) is 45.8 cm³/mol. The van der Waals surface area contributed by atoms with Crippen LogP contribution < -0.4 is 4.90 Å². The van der Waals surface area contributed by atoms with Crippen molar-refractivity contribution >= 4 is 5.69 Å². The van der Waals surface area contributed by atoms with Gasteiger partial charge < -0.3 is 4.90 Å². The highest BCUT2D eigenvalue weighted by Gasteiger charge is 2.16. The Bertz CT molecular complexity index is 257. The molecule has 2 rings (SSSR count). The molecule has 0 unspecified atom stereocenters. The number of rotatable bonds is 1. The molecule has 0 amide bonds. The van der Waals surface area contributed by atoms with Crippen LogP contribution in [0.3, 0.4) is 0 Å². The first kappa shape index (κ1) is 6.65. The van der Waals surface area contributed by atoms with E-state index in [4.69, 9.17) is 0 Å². The Labute approximate surface area is 66.9 Å². The lowest BCUT2D eigenvalue weighted by Crippen LogP contribution is -2.19. The molecule has 2 heterocycles. The zero-order valence-corrected chi connectivity index (χ0v) is 6.75. The molecule has 0 atom stereocenters. The summed E-state index contributed by atoms with van der Waals surface area (Å²) in [5.74, 6) is 0. The number of hydrogen-bond donors (Lipinski definition) is 0. The van der Waals surface area contributed by atoms with Crippen LogP contribution in [0.4, 0.5) is 5.69 Å². The largest absolute Gasteiger partial charge is 0.370 e. The van der Waals surface area contributed by atoms with E-state index in [0.29, 0.717) is 0 Å². The van der Waals surface area contributed by atoms with Crippen LogP contribution in [0.1, 0.15) is 12.5 Å². The van der Waals surface area contributed by atoms with E-state index in [0.717, 1.165) is 13.1 Å². The normalized spacial score (nSPS) is 15.2. The SMILES string of the molecule is CCN1CCc2ccncc21. The van der Waals surface area contributed by atoms with Crippen LogP contribution in [0.25, 0.3) is 0 Å². The fourth-order valence-corrected chi connectivity index (χ4v) is 1.62. The van der Waals surface area contributed by atoms with Crippen LogP contribution in [0, 0.1) is 0 Å². The molecule has 0 N–H and O–H groups in total. The number of hydrogen-bond acceptors (Lipinski definition) is 2. The lowest BCUT2D eigenvalue weighted by atomic mass is 10.2. The average Bonchev–Trinajstić information content (AvgIpc) is 2.47. The summed E-state index contributed by atoms with van der Waals surface area (Å²) in [6.07, 6.45) is 5.02. The van der Waals surface area contributed by atoms with E-state index in [9.17, 15) is 0 Å². The first-order chi connectivity index (χ1) is 5.42. The number of anilines is 1. The number of likely N-dealkylation sites (N-methyl/N-ethyl adjacent to an activating group) is 1. The fraction of sp³-hybridized carbons (Fsp3) is 0.444. The van der Waals surface area contributed by atoms with Gasteiger partial charge in [-0.1, -0.05) is 0 Å². The second-order valence-electron chi connectivity index (χ2n) is 2.83. The molecular formula is C9H12N2. The second kappa shape index (κ2) is 2.53. The summed E-state index contributed by atoms with van der Waals surface area (Å²) in [6, 6.07) is 2.12. The van der Waals surface area contributed by atoms with E-state index < -0.39 is 0 Å². The molecule has 0 bridgehead atoms. The van der Waals surface area contributed by atoms with Crippen molar-refractivity contribution in [2.75, 3.05) is 18.0 Å². The van der Waals surface area contributed by atoms with Gasteiger partial charge in [-0.25, -0.2) is 0 Å². The summed E-state index contributed by atoms with van der Waals surface area (Å²) in [7, 11) is 0. The maximum atomic E-state index is 4.11. The highest BCUT2D eigenvalue weighted by atomic mass is 15.1. The van der Waals surface area contributed by atoms with Crippen LogP contribution in [0.15, 0.2) is 18.5 Å². The van der Waals surface area contributed by atoms with Crippen molar-refractivity contribution in [3.8, 4) is 0 Å². The standard InChI is InChI=1S/C9H12N2/c1-2-11-6-4-8-3-5-10-7-9(8)11/h3,5,7H,2,4,6H2,1H3. The minimum absolute atomic E-state index is 1.10. The van der Waals surface area contributed by atoms with Crippen molar-refractivity contribution in [2.24, 2.45) is 0 Å². The lowest BCUT2D eigenvalue weighted by Gasteiger charge is -2.15. The van der Waals surface area contributed by atoms with Crippen molar-refractivity contribution in [1.29, 1.82) is 0 Å². The van der Waals surface area contributed by atoms with E-state index in [-0.39, 0.29) is 0 Å². The van der Waals surface area contributed by atoms with Crippen molar-refractivity contribution in [3.05, 3.63) is 24.0 Å². The third-order valence-corrected chi connectivity index (χ3v) is 2.26. The highest BCUT2D eigenvalue weighted by molar-refractivity contribution is 5.55. The topological polar surface area (TPSA) is 16.1 Å². The quantitative estimate of drug-likeness (QED) is 0.599. The van der Waals surface area contributed by atoms with Gasteiger partial charge in [-0.3, -0.25) is 4.98 Å². The maximum absolute atomic E-state index is 4.11. The number of pyridine rings is 1. The van der Waals surface area contributed by atoms with Gasteiger partial charge in [-0.2, -0.15) is 0 Å². The summed E-state index contributed by atoms with van der Waals surface area (Å²) in [6.45, 7) is 4.44. The van der Waals surface area contributed by atoms with Gasteiger partial charge in [0.15, 0.2) is 0 Å². The van der Waals surface area contributed by atoms with Gasteiger partial charge in [0.1, 0.15) is 0 Å². The highest BCUT2D eigenvalue weighted by Crippen LogP contribution is 2.25. The van der Waals surface area contributed by atoms with Crippen LogP contribution in [-0.4, -0.2) is 18.1 Å². The average molecular weight is 148 g/mol. The minimum atomic E-state index is 1.10. The Morgan fingerprint density at radius 3 is 3.36 bits per heavy atom. The molecule has 58 valence electrons. The lowest BCUT2D eigenvalue weighted by molar-refractivity contribution is 0.867. The molecule has 0 aliphatic carbocycles. The molecule has 1 aliphatic rings. The maximum Gasteiger partial charge on any atom is 0.0585 e. The molecule has 1 aromatic rings. The molecule has 2 nitrogen and oxygen atoms in total. The van der Waals surface area contributed by atoms with Crippen LogP contribution in [0.5, 0.6) is 0 Å². The Hall–Kier alpha value is -1.05. The third-order valence-electron chi connectivity index (χ3n) is 2.26. The van der Waals surface area contributed by atoms with Gasteiger partial charge in [0.2, 0.25) is 0 Å². The molecule has 0 saturated heterocycles. The van der Waals surface area contributed by atoms with Crippen molar-refractivity contribution in [3.63, 3.8) is 0 Å². The van der Waals surface area contributed by atoms with Gasteiger partial charge in [0.25, 0.3) is 0 Å². The predicted octanol–water partition coefficient (Wildman–Crippen LogP) is 1.46. The third kappa shape index (κ3) is 0.985. The summed E-state index contributed by atoms with van der Waals surface area (Å²) >= 11 is 0. The van der Waals surface area contributed by atoms with Gasteiger partial charge in [0, 0.05) is 19.3 Å². The molecule has 2 heteroatoms. The second-order valence-corrected chi connectivity index (χ2v) is 2.83. The zero-order valence-electron chi connectivity index (χ0n) is 6.75. The van der Waals surface area contributed by atoms with E-state index in [1.54, 1.807) is 0 Å².